The number of esters is 1. The molecule has 0 amide bonds. The molecule has 0 unspecified atom stereocenters. The Morgan fingerprint density at radius 1 is 0.463 bits per heavy atom. The van der Waals surface area contributed by atoms with Crippen molar-refractivity contribution in [3.63, 3.8) is 0 Å². The zero-order valence-electron chi connectivity index (χ0n) is 29.5. The summed E-state index contributed by atoms with van der Waals surface area (Å²) in [7, 11) is 0. The van der Waals surface area contributed by atoms with E-state index in [1.165, 1.54) is 21.9 Å². The minimum atomic E-state index is -0.416. The molecule has 54 heavy (non-hydrogen) atoms. The largest absolute Gasteiger partial charge is 0.456 e. The molecule has 4 heteroatoms. The lowest BCUT2D eigenvalue weighted by Gasteiger charge is -2.10. The number of carbonyl (C=O) groups is 1. The summed E-state index contributed by atoms with van der Waals surface area (Å²) in [5.41, 5.74) is 13.1. The Hall–Kier alpha value is -7.17. The van der Waals surface area contributed by atoms with Gasteiger partial charge in [0.1, 0.15) is 16.9 Å². The van der Waals surface area contributed by atoms with Crippen LogP contribution in [-0.2, 0) is 0 Å². The van der Waals surface area contributed by atoms with Gasteiger partial charge in [-0.05, 0) is 119 Å². The molecule has 2 heterocycles. The highest BCUT2D eigenvalue weighted by molar-refractivity contribution is 6.11. The number of aromatic nitrogens is 1. The molecule has 0 radical (unpaired) electrons. The van der Waals surface area contributed by atoms with E-state index in [0.717, 1.165) is 66.5 Å². The van der Waals surface area contributed by atoms with Crippen molar-refractivity contribution < 1.29 is 13.9 Å². The molecule has 0 saturated carbocycles. The summed E-state index contributed by atoms with van der Waals surface area (Å²) in [6, 6.07) is 62.0. The summed E-state index contributed by atoms with van der Waals surface area (Å²) < 4.78 is 14.6. The van der Waals surface area contributed by atoms with Gasteiger partial charge in [-0.1, -0.05) is 109 Å². The summed E-state index contributed by atoms with van der Waals surface area (Å²) >= 11 is 0. The number of carbonyl (C=O) groups excluding carboxylic acids is 1. The Morgan fingerprint density at radius 2 is 1.09 bits per heavy atom. The first-order chi connectivity index (χ1) is 26.6. The number of hydrogen-bond acceptors (Lipinski definition) is 3. The maximum absolute atomic E-state index is 13.6. The maximum Gasteiger partial charge on any atom is 0.343 e. The third-order valence-corrected chi connectivity index (χ3v) is 10.3. The van der Waals surface area contributed by atoms with Crippen molar-refractivity contribution in [2.24, 2.45) is 0 Å². The molecule has 10 rings (SSSR count). The van der Waals surface area contributed by atoms with Crippen LogP contribution in [0.2, 0.25) is 0 Å². The second-order valence-electron chi connectivity index (χ2n) is 13.8. The van der Waals surface area contributed by atoms with Gasteiger partial charge in [-0.3, -0.25) is 0 Å². The summed E-state index contributed by atoms with van der Waals surface area (Å²) in [5, 5.41) is 4.22. The topological polar surface area (TPSA) is 44.4 Å². The Morgan fingerprint density at radius 3 is 1.89 bits per heavy atom. The monoisotopic (exact) mass is 695 g/mol. The molecule has 0 spiro atoms. The second kappa shape index (κ2) is 12.8. The first-order valence-corrected chi connectivity index (χ1v) is 18.1. The molecule has 0 atom stereocenters. The minimum absolute atomic E-state index is 0.416. The standard InChI is InChI=1S/C50H33NO3/c1-32-25-38(34-13-6-3-7-14-34)28-39(26-32)35-15-10-16-37(27-35)50(52)53-41-21-24-49-45(31-41)44-30-40(20-23-48(44)54-49)51-46-18-9-8-17-42(46)43-29-36(19-22-47(43)51)33-11-4-2-5-12-33/h2-31H,1H3. The van der Waals surface area contributed by atoms with Crippen LogP contribution in [0, 0.1) is 6.92 Å². The SMILES string of the molecule is Cc1cc(-c2ccccc2)cc(-c2cccc(C(=O)Oc3ccc4oc5ccc(-n6c7ccccc7c7cc(-c8ccccc8)ccc76)cc5c4c3)c2)c1. The number of nitrogens with zero attached hydrogens (tertiary/aromatic N) is 1. The van der Waals surface area contributed by atoms with Gasteiger partial charge in [0.05, 0.1) is 16.6 Å². The number of aryl methyl sites for hydroxylation is 1. The average molecular weight is 696 g/mol. The van der Waals surface area contributed by atoms with Crippen LogP contribution in [0.15, 0.2) is 186 Å². The molecule has 256 valence electrons. The zero-order valence-corrected chi connectivity index (χ0v) is 29.5. The van der Waals surface area contributed by atoms with Crippen molar-refractivity contribution in [1.29, 1.82) is 0 Å². The highest BCUT2D eigenvalue weighted by Gasteiger charge is 2.17. The third kappa shape index (κ3) is 5.53. The zero-order chi connectivity index (χ0) is 36.2. The molecule has 0 fully saturated rings. The van der Waals surface area contributed by atoms with Crippen LogP contribution >= 0.6 is 0 Å². The molecule has 4 nitrogen and oxygen atoms in total. The van der Waals surface area contributed by atoms with E-state index in [4.69, 9.17) is 9.15 Å². The van der Waals surface area contributed by atoms with Crippen LogP contribution in [0.4, 0.5) is 0 Å². The lowest BCUT2D eigenvalue weighted by Crippen LogP contribution is -2.08. The Bertz CT molecular complexity index is 3040. The van der Waals surface area contributed by atoms with E-state index >= 15 is 0 Å². The number of benzene rings is 8. The molecule has 8 aromatic carbocycles. The van der Waals surface area contributed by atoms with Gasteiger partial charge in [0.15, 0.2) is 0 Å². The maximum atomic E-state index is 13.6. The molecule has 10 aromatic rings. The summed E-state index contributed by atoms with van der Waals surface area (Å²) in [6.07, 6.45) is 0. The Labute approximate surface area is 312 Å². The van der Waals surface area contributed by atoms with E-state index in [2.05, 4.69) is 121 Å². The van der Waals surface area contributed by atoms with Crippen LogP contribution in [-0.4, -0.2) is 10.5 Å². The van der Waals surface area contributed by atoms with Crippen molar-refractivity contribution >= 4 is 49.7 Å². The van der Waals surface area contributed by atoms with Crippen LogP contribution in [0.1, 0.15) is 15.9 Å². The molecule has 0 saturated heterocycles. The van der Waals surface area contributed by atoms with Crippen molar-refractivity contribution in [2.45, 2.75) is 6.92 Å². The van der Waals surface area contributed by atoms with E-state index in [9.17, 15) is 4.79 Å². The fourth-order valence-corrected chi connectivity index (χ4v) is 7.75. The smallest absolute Gasteiger partial charge is 0.343 e. The van der Waals surface area contributed by atoms with Gasteiger partial charge in [0.25, 0.3) is 0 Å². The highest BCUT2D eigenvalue weighted by atomic mass is 16.5. The Kier molecular flexibility index (Phi) is 7.48. The van der Waals surface area contributed by atoms with E-state index in [1.54, 1.807) is 12.1 Å². The summed E-state index contributed by atoms with van der Waals surface area (Å²) in [5.74, 6) is 0.0407. The van der Waals surface area contributed by atoms with Gasteiger partial charge in [-0.2, -0.15) is 0 Å². The molecule has 0 N–H and O–H groups in total. The normalized spacial score (nSPS) is 11.5. The molecular formula is C50H33NO3. The fraction of sp³-hybridized carbons (Fsp3) is 0.0200. The van der Waals surface area contributed by atoms with Gasteiger partial charge >= 0.3 is 5.97 Å². The van der Waals surface area contributed by atoms with E-state index < -0.39 is 5.97 Å². The quantitative estimate of drug-likeness (QED) is 0.128. The number of rotatable bonds is 6. The first kappa shape index (κ1) is 31.6. The molecule has 0 aliphatic rings. The molecular weight excluding hydrogens is 663 g/mol. The van der Waals surface area contributed by atoms with Gasteiger partial charge in [-0.25, -0.2) is 4.79 Å². The highest BCUT2D eigenvalue weighted by Crippen LogP contribution is 2.38. The first-order valence-electron chi connectivity index (χ1n) is 18.1. The van der Waals surface area contributed by atoms with Gasteiger partial charge in [0.2, 0.25) is 0 Å². The number of furan rings is 1. The lowest BCUT2D eigenvalue weighted by atomic mass is 9.96. The van der Waals surface area contributed by atoms with Crippen LogP contribution < -0.4 is 4.74 Å². The van der Waals surface area contributed by atoms with Gasteiger partial charge in [0, 0.05) is 27.2 Å². The summed E-state index contributed by atoms with van der Waals surface area (Å²) in [4.78, 5) is 13.6. The predicted molar refractivity (Wildman–Crippen MR) is 221 cm³/mol. The second-order valence-corrected chi connectivity index (χ2v) is 13.8. The summed E-state index contributed by atoms with van der Waals surface area (Å²) in [6.45, 7) is 2.09. The van der Waals surface area contributed by atoms with Crippen LogP contribution in [0.5, 0.6) is 5.75 Å². The number of para-hydroxylation sites is 1. The van der Waals surface area contributed by atoms with Crippen LogP contribution in [0.25, 0.3) is 82.8 Å². The van der Waals surface area contributed by atoms with Crippen molar-refractivity contribution in [2.75, 3.05) is 0 Å². The number of fused-ring (bicyclic) bond motifs is 6. The molecule has 2 aromatic heterocycles. The predicted octanol–water partition coefficient (Wildman–Crippen LogP) is 13.2. The van der Waals surface area contributed by atoms with Crippen LogP contribution in [0.3, 0.4) is 0 Å². The lowest BCUT2D eigenvalue weighted by molar-refractivity contribution is 0.0735. The van der Waals surface area contributed by atoms with Gasteiger partial charge < -0.3 is 13.7 Å². The number of ether oxygens (including phenoxy) is 1. The van der Waals surface area contributed by atoms with Crippen molar-refractivity contribution in [3.8, 4) is 44.8 Å². The van der Waals surface area contributed by atoms with E-state index in [0.29, 0.717) is 11.3 Å². The molecule has 0 aliphatic carbocycles. The fourth-order valence-electron chi connectivity index (χ4n) is 7.75. The van der Waals surface area contributed by atoms with Gasteiger partial charge in [-0.15, -0.1) is 0 Å². The number of hydrogen-bond donors (Lipinski definition) is 0. The van der Waals surface area contributed by atoms with E-state index in [-0.39, 0.29) is 0 Å². The average Bonchev–Trinajstić information content (AvgIpc) is 3.76. The van der Waals surface area contributed by atoms with E-state index in [1.807, 2.05) is 60.7 Å². The third-order valence-electron chi connectivity index (χ3n) is 10.3. The Balaban J connectivity index is 0.994. The molecule has 0 bridgehead atoms. The minimum Gasteiger partial charge on any atom is -0.456 e. The van der Waals surface area contributed by atoms with Crippen molar-refractivity contribution in [1.82, 2.24) is 4.57 Å². The molecule has 0 aliphatic heterocycles. The van der Waals surface area contributed by atoms with Crippen molar-refractivity contribution in [3.05, 3.63) is 193 Å².